The lowest BCUT2D eigenvalue weighted by Crippen LogP contribution is -2.50. The minimum Gasteiger partial charge on any atom is -0.374 e. The molecule has 0 bridgehead atoms. The zero-order valence-electron chi connectivity index (χ0n) is 16.3. The molecule has 1 N–H and O–H groups in total. The van der Waals surface area contributed by atoms with Gasteiger partial charge in [0, 0.05) is 12.3 Å². The molecule has 142 valence electrons. The Morgan fingerprint density at radius 3 is 1.96 bits per heavy atom. The zero-order valence-corrected chi connectivity index (χ0v) is 16.3. The van der Waals surface area contributed by atoms with Crippen molar-refractivity contribution in [3.8, 4) is 0 Å². The maximum absolute atomic E-state index is 12.8. The molecule has 5 heteroatoms. The van der Waals surface area contributed by atoms with E-state index in [4.69, 9.17) is 0 Å². The first kappa shape index (κ1) is 21.7. The average Bonchev–Trinajstić information content (AvgIpc) is 2.69. The van der Waals surface area contributed by atoms with Crippen LogP contribution in [-0.4, -0.2) is 33.8 Å². The molecule has 1 rings (SSSR count). The molecular weight excluding hydrogens is 320 g/mol. The molecule has 0 spiro atoms. The van der Waals surface area contributed by atoms with Crippen molar-refractivity contribution in [3.63, 3.8) is 0 Å². The molecule has 0 aromatic carbocycles. The van der Waals surface area contributed by atoms with E-state index in [1.165, 1.54) is 0 Å². The summed E-state index contributed by atoms with van der Waals surface area (Å²) in [6.07, 6.45) is 1.41. The summed E-state index contributed by atoms with van der Waals surface area (Å²) in [7, 11) is 0. The number of Topliss-reactive ketones (excluding diaryl/α,β-unsaturated/α-hetero) is 4. The number of aliphatic hydroxyl groups is 1. The summed E-state index contributed by atoms with van der Waals surface area (Å²) < 4.78 is 0. The van der Waals surface area contributed by atoms with Crippen molar-refractivity contribution in [3.05, 3.63) is 0 Å². The van der Waals surface area contributed by atoms with E-state index in [-0.39, 0.29) is 24.7 Å². The molecule has 3 unspecified atom stereocenters. The van der Waals surface area contributed by atoms with Gasteiger partial charge in [-0.1, -0.05) is 48.0 Å². The van der Waals surface area contributed by atoms with E-state index in [9.17, 15) is 24.3 Å². The minimum atomic E-state index is -2.34. The number of carbonyl (C=O) groups is 4. The molecule has 0 saturated heterocycles. The van der Waals surface area contributed by atoms with Gasteiger partial charge in [0.05, 0.1) is 5.92 Å². The third-order valence-electron chi connectivity index (χ3n) is 5.03. The third-order valence-corrected chi connectivity index (χ3v) is 5.03. The lowest BCUT2D eigenvalue weighted by atomic mass is 9.79. The Morgan fingerprint density at radius 1 is 1.00 bits per heavy atom. The zero-order chi connectivity index (χ0) is 19.5. The highest BCUT2D eigenvalue weighted by Crippen LogP contribution is 2.40. The summed E-state index contributed by atoms with van der Waals surface area (Å²) in [5.41, 5.74) is -2.34. The average molecular weight is 352 g/mol. The smallest absolute Gasteiger partial charge is 0.192 e. The summed E-state index contributed by atoms with van der Waals surface area (Å²) in [5.74, 6) is -5.20. The Labute approximate surface area is 150 Å². The number of ketones is 4. The lowest BCUT2D eigenvalue weighted by molar-refractivity contribution is -0.155. The van der Waals surface area contributed by atoms with Gasteiger partial charge < -0.3 is 5.11 Å². The van der Waals surface area contributed by atoms with Crippen molar-refractivity contribution in [1.29, 1.82) is 0 Å². The summed E-state index contributed by atoms with van der Waals surface area (Å²) in [6.45, 7) is 11.1. The molecule has 0 amide bonds. The van der Waals surface area contributed by atoms with Crippen LogP contribution in [0, 0.1) is 29.6 Å². The van der Waals surface area contributed by atoms with Crippen LogP contribution in [0.5, 0.6) is 0 Å². The highest BCUT2D eigenvalue weighted by molar-refractivity contribution is 6.33. The molecule has 1 aliphatic rings. The summed E-state index contributed by atoms with van der Waals surface area (Å²) in [6, 6.07) is 0. The second-order valence-electron chi connectivity index (χ2n) is 8.40. The number of carbonyl (C=O) groups excluding carboxylic acids is 4. The molecule has 1 fully saturated rings. The Hall–Kier alpha value is -1.36. The number of hydrogen-bond acceptors (Lipinski definition) is 5. The number of hydrogen-bond donors (Lipinski definition) is 1. The molecule has 0 radical (unpaired) electrons. The summed E-state index contributed by atoms with van der Waals surface area (Å²) in [4.78, 5) is 50.6. The van der Waals surface area contributed by atoms with Gasteiger partial charge in [0.2, 0.25) is 0 Å². The molecular formula is C20H32O5. The first-order chi connectivity index (χ1) is 11.4. The van der Waals surface area contributed by atoms with Gasteiger partial charge in [-0.2, -0.15) is 0 Å². The highest BCUT2D eigenvalue weighted by atomic mass is 16.3. The second kappa shape index (κ2) is 8.35. The van der Waals surface area contributed by atoms with Crippen LogP contribution < -0.4 is 0 Å². The van der Waals surface area contributed by atoms with E-state index >= 15 is 0 Å². The van der Waals surface area contributed by atoms with Crippen LogP contribution in [0.4, 0.5) is 0 Å². The second-order valence-corrected chi connectivity index (χ2v) is 8.40. The van der Waals surface area contributed by atoms with Crippen LogP contribution in [-0.2, 0) is 19.2 Å². The topological polar surface area (TPSA) is 88.5 Å². The predicted octanol–water partition coefficient (Wildman–Crippen LogP) is 2.77. The van der Waals surface area contributed by atoms with E-state index in [1.54, 1.807) is 13.8 Å². The molecule has 0 aromatic rings. The van der Waals surface area contributed by atoms with Crippen molar-refractivity contribution < 1.29 is 24.3 Å². The van der Waals surface area contributed by atoms with Gasteiger partial charge in [-0.25, -0.2) is 0 Å². The largest absolute Gasteiger partial charge is 0.374 e. The van der Waals surface area contributed by atoms with Gasteiger partial charge in [-0.05, 0) is 24.7 Å². The maximum Gasteiger partial charge on any atom is 0.192 e. The van der Waals surface area contributed by atoms with Crippen LogP contribution in [0.15, 0.2) is 0 Å². The number of rotatable bonds is 9. The van der Waals surface area contributed by atoms with Gasteiger partial charge in [0.15, 0.2) is 28.7 Å². The van der Waals surface area contributed by atoms with Gasteiger partial charge in [0.25, 0.3) is 0 Å². The van der Waals surface area contributed by atoms with Crippen LogP contribution in [0.25, 0.3) is 0 Å². The monoisotopic (exact) mass is 352 g/mol. The van der Waals surface area contributed by atoms with E-state index in [0.717, 1.165) is 0 Å². The molecule has 0 aromatic heterocycles. The van der Waals surface area contributed by atoms with E-state index in [0.29, 0.717) is 12.8 Å². The van der Waals surface area contributed by atoms with Crippen LogP contribution in [0.2, 0.25) is 0 Å². The Kier molecular flexibility index (Phi) is 7.24. The van der Waals surface area contributed by atoms with Crippen molar-refractivity contribution in [2.75, 3.05) is 0 Å². The first-order valence-corrected chi connectivity index (χ1v) is 9.31. The summed E-state index contributed by atoms with van der Waals surface area (Å²) in [5, 5.41) is 11.0. The molecule has 1 aliphatic carbocycles. The Morgan fingerprint density at radius 2 is 1.52 bits per heavy atom. The first-order valence-electron chi connectivity index (χ1n) is 9.31. The molecule has 3 atom stereocenters. The van der Waals surface area contributed by atoms with Crippen molar-refractivity contribution in [1.82, 2.24) is 0 Å². The fourth-order valence-corrected chi connectivity index (χ4v) is 3.32. The van der Waals surface area contributed by atoms with Crippen LogP contribution in [0.1, 0.15) is 67.2 Å². The normalized spacial score (nSPS) is 27.0. The highest BCUT2D eigenvalue weighted by Gasteiger charge is 2.64. The lowest BCUT2D eigenvalue weighted by Gasteiger charge is -2.26. The Bertz CT molecular complexity index is 546. The maximum atomic E-state index is 12.8. The van der Waals surface area contributed by atoms with E-state index < -0.39 is 46.5 Å². The van der Waals surface area contributed by atoms with Crippen LogP contribution in [0.3, 0.4) is 0 Å². The van der Waals surface area contributed by atoms with Crippen molar-refractivity contribution in [2.45, 2.75) is 72.8 Å². The van der Waals surface area contributed by atoms with Gasteiger partial charge in [-0.3, -0.25) is 19.2 Å². The molecule has 25 heavy (non-hydrogen) atoms. The van der Waals surface area contributed by atoms with Gasteiger partial charge in [0.1, 0.15) is 5.92 Å². The van der Waals surface area contributed by atoms with Gasteiger partial charge in [-0.15, -0.1) is 0 Å². The molecule has 0 aliphatic heterocycles. The fourth-order valence-electron chi connectivity index (χ4n) is 3.32. The van der Waals surface area contributed by atoms with Crippen LogP contribution >= 0.6 is 0 Å². The van der Waals surface area contributed by atoms with Gasteiger partial charge >= 0.3 is 0 Å². The van der Waals surface area contributed by atoms with E-state index in [2.05, 4.69) is 0 Å². The standard InChI is InChI=1S/C20H32O5/c1-11(2)7-9-14-18(23)16(17(22)13(5)6)19(24)20(14,25)15(21)10-8-12(3)4/h11-14,16,25H,7-10H2,1-6H3. The van der Waals surface area contributed by atoms with E-state index in [1.807, 2.05) is 27.7 Å². The Balaban J connectivity index is 3.22. The van der Waals surface area contributed by atoms with Crippen molar-refractivity contribution >= 4 is 23.1 Å². The fraction of sp³-hybridized carbons (Fsp3) is 0.800. The quantitative estimate of drug-likeness (QED) is 0.645. The SMILES string of the molecule is CC(C)CCC(=O)C1(O)C(=O)C(C(=O)C(C)C)C(=O)C1CCC(C)C. The van der Waals surface area contributed by atoms with Crippen molar-refractivity contribution in [2.24, 2.45) is 29.6 Å². The third kappa shape index (κ3) is 4.43. The molecule has 1 saturated carbocycles. The summed E-state index contributed by atoms with van der Waals surface area (Å²) >= 11 is 0. The predicted molar refractivity (Wildman–Crippen MR) is 94.9 cm³/mol. The minimum absolute atomic E-state index is 0.0357. The molecule has 0 heterocycles. The molecule has 5 nitrogen and oxygen atoms in total.